The normalized spacial score (nSPS) is 15.6. The molecule has 0 unspecified atom stereocenters. The number of carbonyl (C=O) groups is 2. The number of phenols is 1. The quantitative estimate of drug-likeness (QED) is 0.808. The van der Waals surface area contributed by atoms with Crippen molar-refractivity contribution in [3.8, 4) is 11.5 Å². The van der Waals surface area contributed by atoms with E-state index in [4.69, 9.17) is 4.74 Å². The third-order valence-electron chi connectivity index (χ3n) is 3.05. The number of phenolic OH excluding ortho intramolecular Hbond substituents is 1. The minimum absolute atomic E-state index is 0.0647. The van der Waals surface area contributed by atoms with Gasteiger partial charge in [-0.3, -0.25) is 9.59 Å². The van der Waals surface area contributed by atoms with Gasteiger partial charge in [-0.2, -0.15) is 0 Å². The van der Waals surface area contributed by atoms with Crippen LogP contribution in [0.4, 0.5) is 0 Å². The molecule has 6 nitrogen and oxygen atoms in total. The average molecular weight is 264 g/mol. The average Bonchev–Trinajstić information content (AvgIpc) is 2.63. The molecule has 0 spiro atoms. The lowest BCUT2D eigenvalue weighted by Crippen LogP contribution is -2.34. The Labute approximate surface area is 111 Å². The zero-order valence-corrected chi connectivity index (χ0v) is 10.7. The van der Waals surface area contributed by atoms with Gasteiger partial charge in [0, 0.05) is 26.1 Å². The van der Waals surface area contributed by atoms with Crippen LogP contribution in [0.15, 0.2) is 18.2 Å². The number of methoxy groups -OCH3 is 1. The van der Waals surface area contributed by atoms with Crippen LogP contribution in [0.5, 0.6) is 11.5 Å². The summed E-state index contributed by atoms with van der Waals surface area (Å²) in [4.78, 5) is 25.1. The maximum Gasteiger partial charge on any atom is 0.257 e. The Bertz CT molecular complexity index is 501. The molecule has 0 radical (unpaired) electrons. The van der Waals surface area contributed by atoms with Gasteiger partial charge in [0.05, 0.1) is 12.7 Å². The maximum atomic E-state index is 12.3. The van der Waals surface area contributed by atoms with Crippen molar-refractivity contribution in [1.82, 2.24) is 10.2 Å². The van der Waals surface area contributed by atoms with Crippen LogP contribution in [0.25, 0.3) is 0 Å². The largest absolute Gasteiger partial charge is 0.504 e. The van der Waals surface area contributed by atoms with Gasteiger partial charge in [0.25, 0.3) is 5.91 Å². The van der Waals surface area contributed by atoms with E-state index in [9.17, 15) is 14.7 Å². The Hall–Kier alpha value is -2.24. The van der Waals surface area contributed by atoms with Crippen LogP contribution >= 0.6 is 0 Å². The van der Waals surface area contributed by atoms with Gasteiger partial charge in [0.2, 0.25) is 5.91 Å². The Morgan fingerprint density at radius 3 is 2.95 bits per heavy atom. The molecule has 2 N–H and O–H groups in total. The number of rotatable bonds is 2. The number of ether oxygens (including phenoxy) is 1. The van der Waals surface area contributed by atoms with Gasteiger partial charge in [-0.15, -0.1) is 0 Å². The molecule has 0 saturated carbocycles. The molecule has 1 aliphatic rings. The van der Waals surface area contributed by atoms with E-state index in [0.29, 0.717) is 19.6 Å². The van der Waals surface area contributed by atoms with Crippen LogP contribution in [0, 0.1) is 0 Å². The van der Waals surface area contributed by atoms with E-state index in [1.165, 1.54) is 7.11 Å². The summed E-state index contributed by atoms with van der Waals surface area (Å²) < 4.78 is 4.98. The van der Waals surface area contributed by atoms with Gasteiger partial charge < -0.3 is 20.1 Å². The highest BCUT2D eigenvalue weighted by Crippen LogP contribution is 2.30. The molecule has 0 atom stereocenters. The first-order valence-electron chi connectivity index (χ1n) is 6.05. The zero-order chi connectivity index (χ0) is 13.8. The molecule has 1 saturated heterocycles. The number of nitrogens with one attached hydrogen (secondary N) is 1. The van der Waals surface area contributed by atoms with Crippen molar-refractivity contribution in [2.24, 2.45) is 0 Å². The monoisotopic (exact) mass is 264 g/mol. The number of nitrogens with zero attached hydrogens (tertiary/aromatic N) is 1. The van der Waals surface area contributed by atoms with Crippen LogP contribution in [0.2, 0.25) is 0 Å². The lowest BCUT2D eigenvalue weighted by molar-refractivity contribution is -0.120. The van der Waals surface area contributed by atoms with Gasteiger partial charge in [0.15, 0.2) is 11.5 Å². The van der Waals surface area contributed by atoms with Crippen molar-refractivity contribution in [3.05, 3.63) is 23.8 Å². The van der Waals surface area contributed by atoms with Gasteiger partial charge in [0.1, 0.15) is 0 Å². The smallest absolute Gasteiger partial charge is 0.257 e. The number of carbonyl (C=O) groups excluding carboxylic acids is 2. The minimum atomic E-state index is -0.298. The first-order chi connectivity index (χ1) is 9.13. The molecular formula is C13H16N2O4. The number of benzene rings is 1. The van der Waals surface area contributed by atoms with E-state index < -0.39 is 0 Å². The van der Waals surface area contributed by atoms with Gasteiger partial charge in [-0.05, 0) is 12.1 Å². The summed E-state index contributed by atoms with van der Waals surface area (Å²) in [5, 5.41) is 12.7. The lowest BCUT2D eigenvalue weighted by atomic mass is 10.1. The molecule has 0 aliphatic carbocycles. The fourth-order valence-corrected chi connectivity index (χ4v) is 2.00. The summed E-state index contributed by atoms with van der Waals surface area (Å²) in [6.07, 6.45) is 0.274. The predicted octanol–water partition coefficient (Wildman–Crippen LogP) is 0.363. The topological polar surface area (TPSA) is 78.9 Å². The Morgan fingerprint density at radius 2 is 2.21 bits per heavy atom. The Kier molecular flexibility index (Phi) is 3.89. The van der Waals surface area contributed by atoms with Crippen molar-refractivity contribution in [2.45, 2.75) is 6.42 Å². The Morgan fingerprint density at radius 1 is 1.42 bits per heavy atom. The summed E-state index contributed by atoms with van der Waals surface area (Å²) in [6, 6.07) is 4.77. The minimum Gasteiger partial charge on any atom is -0.504 e. The van der Waals surface area contributed by atoms with Gasteiger partial charge in [-0.25, -0.2) is 0 Å². The lowest BCUT2D eigenvalue weighted by Gasteiger charge is -2.20. The van der Waals surface area contributed by atoms with E-state index in [-0.39, 0.29) is 35.3 Å². The molecule has 1 heterocycles. The van der Waals surface area contributed by atoms with Crippen LogP contribution in [0.3, 0.4) is 0 Å². The van der Waals surface area contributed by atoms with Crippen LogP contribution in [-0.4, -0.2) is 48.6 Å². The van der Waals surface area contributed by atoms with Crippen LogP contribution in [0.1, 0.15) is 16.8 Å². The number of amides is 2. The van der Waals surface area contributed by atoms with Crippen molar-refractivity contribution in [2.75, 3.05) is 26.7 Å². The second-order valence-corrected chi connectivity index (χ2v) is 4.25. The van der Waals surface area contributed by atoms with Gasteiger partial charge in [-0.1, -0.05) is 6.07 Å². The summed E-state index contributed by atoms with van der Waals surface area (Å²) >= 11 is 0. The number of para-hydroxylation sites is 1. The first kappa shape index (κ1) is 13.2. The maximum absolute atomic E-state index is 12.3. The molecule has 6 heteroatoms. The van der Waals surface area contributed by atoms with E-state index >= 15 is 0 Å². The van der Waals surface area contributed by atoms with Crippen molar-refractivity contribution in [1.29, 1.82) is 0 Å². The standard InChI is InChI=1S/C13H16N2O4/c1-19-10-4-2-3-9(12(10)17)13(18)15-7-5-11(16)14-6-8-15/h2-4,17H,5-8H2,1H3,(H,14,16). The summed E-state index contributed by atoms with van der Waals surface area (Å²) in [5.74, 6) is -0.272. The van der Waals surface area contributed by atoms with Crippen LogP contribution in [-0.2, 0) is 4.79 Å². The molecule has 1 fully saturated rings. The zero-order valence-electron chi connectivity index (χ0n) is 10.7. The van der Waals surface area contributed by atoms with Crippen molar-refractivity contribution < 1.29 is 19.4 Å². The van der Waals surface area contributed by atoms with Gasteiger partial charge >= 0.3 is 0 Å². The first-order valence-corrected chi connectivity index (χ1v) is 6.05. The fraction of sp³-hybridized carbons (Fsp3) is 0.385. The molecule has 0 aromatic heterocycles. The molecule has 1 aliphatic heterocycles. The highest BCUT2D eigenvalue weighted by molar-refractivity contribution is 5.98. The highest BCUT2D eigenvalue weighted by atomic mass is 16.5. The van der Waals surface area contributed by atoms with E-state index in [1.54, 1.807) is 23.1 Å². The van der Waals surface area contributed by atoms with E-state index in [1.807, 2.05) is 0 Å². The molecule has 1 aromatic carbocycles. The second kappa shape index (κ2) is 5.60. The summed E-state index contributed by atoms with van der Waals surface area (Å²) in [6.45, 7) is 1.21. The summed E-state index contributed by atoms with van der Waals surface area (Å²) in [5.41, 5.74) is 0.189. The van der Waals surface area contributed by atoms with Crippen molar-refractivity contribution in [3.63, 3.8) is 0 Å². The molecule has 102 valence electrons. The SMILES string of the molecule is COc1cccc(C(=O)N2CCNC(=O)CC2)c1O. The van der Waals surface area contributed by atoms with Crippen LogP contribution < -0.4 is 10.1 Å². The highest BCUT2D eigenvalue weighted by Gasteiger charge is 2.23. The predicted molar refractivity (Wildman–Crippen MR) is 68.2 cm³/mol. The summed E-state index contributed by atoms with van der Waals surface area (Å²) in [7, 11) is 1.43. The third kappa shape index (κ3) is 2.78. The molecule has 0 bridgehead atoms. The number of hydrogen-bond acceptors (Lipinski definition) is 4. The van der Waals surface area contributed by atoms with Crippen molar-refractivity contribution >= 4 is 11.8 Å². The van der Waals surface area contributed by atoms with E-state index in [2.05, 4.69) is 5.32 Å². The molecular weight excluding hydrogens is 248 g/mol. The Balaban J connectivity index is 2.21. The number of hydrogen-bond donors (Lipinski definition) is 2. The molecule has 19 heavy (non-hydrogen) atoms. The molecule has 1 aromatic rings. The molecule has 2 amide bonds. The molecule has 2 rings (SSSR count). The van der Waals surface area contributed by atoms with E-state index in [0.717, 1.165) is 0 Å². The third-order valence-corrected chi connectivity index (χ3v) is 3.05. The fourth-order valence-electron chi connectivity index (χ4n) is 2.00. The number of aromatic hydroxyl groups is 1. The second-order valence-electron chi connectivity index (χ2n) is 4.25.